The van der Waals surface area contributed by atoms with Crippen LogP contribution in [0.5, 0.6) is 0 Å². The van der Waals surface area contributed by atoms with E-state index in [1.165, 1.54) is 0 Å². The van der Waals surface area contributed by atoms with Crippen molar-refractivity contribution in [2.45, 2.75) is 6.92 Å². The average molecular weight is 244 g/mol. The Balaban J connectivity index is 2.43. The first kappa shape index (κ1) is 7.94. The SMILES string of the molecule is Cc1cnn(-c2ncc(Br)s2)c1. The van der Waals surface area contributed by atoms with Gasteiger partial charge in [-0.25, -0.2) is 9.67 Å². The molecule has 0 saturated heterocycles. The van der Waals surface area contributed by atoms with Crippen LogP contribution in [0.4, 0.5) is 0 Å². The van der Waals surface area contributed by atoms with Crippen molar-refractivity contribution < 1.29 is 0 Å². The molecule has 0 N–H and O–H groups in total. The molecule has 5 heteroatoms. The van der Waals surface area contributed by atoms with Gasteiger partial charge in [-0.15, -0.1) is 0 Å². The summed E-state index contributed by atoms with van der Waals surface area (Å²) in [5, 5.41) is 5.03. The summed E-state index contributed by atoms with van der Waals surface area (Å²) in [6.07, 6.45) is 5.54. The number of halogens is 1. The first-order valence-corrected chi connectivity index (χ1v) is 4.99. The minimum Gasteiger partial charge on any atom is -0.226 e. The molecular weight excluding hydrogens is 238 g/mol. The van der Waals surface area contributed by atoms with Crippen LogP contribution in [-0.4, -0.2) is 14.8 Å². The van der Waals surface area contributed by atoms with Crippen molar-refractivity contribution in [1.82, 2.24) is 14.8 Å². The van der Waals surface area contributed by atoms with Crippen LogP contribution in [-0.2, 0) is 0 Å². The standard InChI is InChI=1S/C7H6BrN3S/c1-5-2-10-11(4-5)7-9-3-6(8)12-7/h2-4H,1H3. The number of aromatic nitrogens is 3. The molecule has 0 fully saturated rings. The summed E-state index contributed by atoms with van der Waals surface area (Å²) in [5.74, 6) is 0. The molecule has 0 radical (unpaired) electrons. The van der Waals surface area contributed by atoms with Crippen LogP contribution in [0.25, 0.3) is 5.13 Å². The molecule has 0 saturated carbocycles. The Bertz CT molecular complexity index is 355. The van der Waals surface area contributed by atoms with Gasteiger partial charge in [-0.1, -0.05) is 11.3 Å². The van der Waals surface area contributed by atoms with Crippen LogP contribution in [0.1, 0.15) is 5.56 Å². The van der Waals surface area contributed by atoms with Crippen molar-refractivity contribution in [1.29, 1.82) is 0 Å². The molecule has 0 unspecified atom stereocenters. The maximum atomic E-state index is 4.17. The van der Waals surface area contributed by atoms with Crippen LogP contribution in [0.2, 0.25) is 0 Å². The van der Waals surface area contributed by atoms with Crippen molar-refractivity contribution in [3.63, 3.8) is 0 Å². The van der Waals surface area contributed by atoms with Gasteiger partial charge in [-0.3, -0.25) is 0 Å². The summed E-state index contributed by atoms with van der Waals surface area (Å²) in [4.78, 5) is 4.17. The molecule has 2 rings (SSSR count). The summed E-state index contributed by atoms with van der Waals surface area (Å²) in [6, 6.07) is 0. The van der Waals surface area contributed by atoms with Crippen molar-refractivity contribution in [3.8, 4) is 5.13 Å². The van der Waals surface area contributed by atoms with E-state index in [2.05, 4.69) is 26.0 Å². The normalized spacial score (nSPS) is 10.5. The zero-order valence-electron chi connectivity index (χ0n) is 6.36. The molecule has 0 aliphatic rings. The second kappa shape index (κ2) is 2.99. The zero-order valence-corrected chi connectivity index (χ0v) is 8.76. The second-order valence-corrected chi connectivity index (χ2v) is 4.80. The number of hydrogen-bond donors (Lipinski definition) is 0. The lowest BCUT2D eigenvalue weighted by molar-refractivity contribution is 0.869. The van der Waals surface area contributed by atoms with Gasteiger partial charge >= 0.3 is 0 Å². The van der Waals surface area contributed by atoms with Gasteiger partial charge < -0.3 is 0 Å². The summed E-state index contributed by atoms with van der Waals surface area (Å²) < 4.78 is 2.79. The smallest absolute Gasteiger partial charge is 0.211 e. The lowest BCUT2D eigenvalue weighted by atomic mass is 10.4. The fourth-order valence-electron chi connectivity index (χ4n) is 0.869. The number of rotatable bonds is 1. The Morgan fingerprint density at radius 1 is 1.50 bits per heavy atom. The Morgan fingerprint density at radius 3 is 2.83 bits per heavy atom. The quantitative estimate of drug-likeness (QED) is 0.771. The monoisotopic (exact) mass is 243 g/mol. The van der Waals surface area contributed by atoms with Gasteiger partial charge in [0, 0.05) is 6.20 Å². The largest absolute Gasteiger partial charge is 0.226 e. The first-order chi connectivity index (χ1) is 5.75. The third-order valence-corrected chi connectivity index (χ3v) is 2.84. The maximum absolute atomic E-state index is 4.17. The summed E-state index contributed by atoms with van der Waals surface area (Å²) in [5.41, 5.74) is 1.14. The molecule has 0 amide bonds. The third kappa shape index (κ3) is 1.42. The third-order valence-electron chi connectivity index (χ3n) is 1.37. The van der Waals surface area contributed by atoms with E-state index in [4.69, 9.17) is 0 Å². The van der Waals surface area contributed by atoms with E-state index in [1.54, 1.807) is 22.2 Å². The molecule has 2 aromatic heterocycles. The van der Waals surface area contributed by atoms with E-state index in [9.17, 15) is 0 Å². The molecular formula is C7H6BrN3S. The van der Waals surface area contributed by atoms with E-state index >= 15 is 0 Å². The number of aryl methyl sites for hydroxylation is 1. The van der Waals surface area contributed by atoms with Gasteiger partial charge in [0.15, 0.2) is 0 Å². The van der Waals surface area contributed by atoms with Crippen molar-refractivity contribution >= 4 is 27.3 Å². The van der Waals surface area contributed by atoms with E-state index < -0.39 is 0 Å². The van der Waals surface area contributed by atoms with Gasteiger partial charge in [0.1, 0.15) is 0 Å². The van der Waals surface area contributed by atoms with Crippen LogP contribution >= 0.6 is 27.3 Å². The van der Waals surface area contributed by atoms with Crippen LogP contribution in [0.15, 0.2) is 22.4 Å². The molecule has 0 spiro atoms. The fraction of sp³-hybridized carbons (Fsp3) is 0.143. The number of hydrogen-bond acceptors (Lipinski definition) is 3. The van der Waals surface area contributed by atoms with Crippen molar-refractivity contribution in [2.75, 3.05) is 0 Å². The van der Waals surface area contributed by atoms with Crippen LogP contribution in [0.3, 0.4) is 0 Å². The van der Waals surface area contributed by atoms with Gasteiger partial charge in [-0.05, 0) is 28.4 Å². The highest BCUT2D eigenvalue weighted by molar-refractivity contribution is 9.11. The van der Waals surface area contributed by atoms with Crippen LogP contribution in [0, 0.1) is 6.92 Å². The van der Waals surface area contributed by atoms with Gasteiger partial charge in [0.2, 0.25) is 5.13 Å². The van der Waals surface area contributed by atoms with E-state index in [0.717, 1.165) is 14.5 Å². The minimum absolute atomic E-state index is 0.884. The molecule has 2 aromatic rings. The molecule has 12 heavy (non-hydrogen) atoms. The Labute approximate surface area is 82.2 Å². The highest BCUT2D eigenvalue weighted by Crippen LogP contribution is 2.21. The average Bonchev–Trinajstić information content (AvgIpc) is 2.58. The van der Waals surface area contributed by atoms with E-state index in [1.807, 2.05) is 19.3 Å². The zero-order chi connectivity index (χ0) is 8.55. The predicted octanol–water partition coefficient (Wildman–Crippen LogP) is 2.40. The van der Waals surface area contributed by atoms with Gasteiger partial charge in [0.25, 0.3) is 0 Å². The van der Waals surface area contributed by atoms with E-state index in [0.29, 0.717) is 0 Å². The summed E-state index contributed by atoms with van der Waals surface area (Å²) in [7, 11) is 0. The first-order valence-electron chi connectivity index (χ1n) is 3.39. The Hall–Kier alpha value is -0.680. The molecule has 0 aromatic carbocycles. The van der Waals surface area contributed by atoms with Gasteiger partial charge in [-0.2, -0.15) is 5.10 Å². The number of thiazole rings is 1. The van der Waals surface area contributed by atoms with Crippen LogP contribution < -0.4 is 0 Å². The predicted molar refractivity (Wildman–Crippen MR) is 51.7 cm³/mol. The molecule has 0 atom stereocenters. The molecule has 0 aliphatic heterocycles. The molecule has 3 nitrogen and oxygen atoms in total. The fourth-order valence-corrected chi connectivity index (χ4v) is 1.98. The molecule has 0 bridgehead atoms. The topological polar surface area (TPSA) is 30.7 Å². The maximum Gasteiger partial charge on any atom is 0.211 e. The lowest BCUT2D eigenvalue weighted by Gasteiger charge is -1.90. The van der Waals surface area contributed by atoms with Crippen molar-refractivity contribution in [2.24, 2.45) is 0 Å². The summed E-state index contributed by atoms with van der Waals surface area (Å²) in [6.45, 7) is 2.01. The molecule has 0 aliphatic carbocycles. The van der Waals surface area contributed by atoms with Gasteiger partial charge in [0.05, 0.1) is 16.2 Å². The molecule has 62 valence electrons. The second-order valence-electron chi connectivity index (χ2n) is 2.41. The molecule has 2 heterocycles. The highest BCUT2D eigenvalue weighted by Gasteiger charge is 2.02. The minimum atomic E-state index is 0.884. The Kier molecular flexibility index (Phi) is 1.98. The lowest BCUT2D eigenvalue weighted by Crippen LogP contribution is -1.91. The number of nitrogens with zero attached hydrogens (tertiary/aromatic N) is 3. The van der Waals surface area contributed by atoms with E-state index in [-0.39, 0.29) is 0 Å². The van der Waals surface area contributed by atoms with Crippen molar-refractivity contribution in [3.05, 3.63) is 27.9 Å². The Morgan fingerprint density at radius 2 is 2.33 bits per heavy atom. The highest BCUT2D eigenvalue weighted by atomic mass is 79.9. The summed E-state index contributed by atoms with van der Waals surface area (Å²) >= 11 is 4.91.